The van der Waals surface area contributed by atoms with Gasteiger partial charge >= 0.3 is 0 Å². The summed E-state index contributed by atoms with van der Waals surface area (Å²) in [5.41, 5.74) is 2.16. The number of hydrogen-bond donors (Lipinski definition) is 2. The maximum atomic E-state index is 12.3. The van der Waals surface area contributed by atoms with E-state index in [1.165, 1.54) is 0 Å². The van der Waals surface area contributed by atoms with E-state index in [0.29, 0.717) is 17.4 Å². The van der Waals surface area contributed by atoms with Crippen LogP contribution >= 0.6 is 15.9 Å². The van der Waals surface area contributed by atoms with Crippen LogP contribution in [0.25, 0.3) is 10.9 Å². The Balaban J connectivity index is 1.72. The lowest BCUT2D eigenvalue weighted by Gasteiger charge is -2.08. The summed E-state index contributed by atoms with van der Waals surface area (Å²) in [5, 5.41) is 1.13. The van der Waals surface area contributed by atoms with Gasteiger partial charge in [-0.15, -0.1) is 0 Å². The molecule has 0 amide bonds. The molecule has 0 saturated carbocycles. The Morgan fingerprint density at radius 3 is 2.59 bits per heavy atom. The monoisotopic (exact) mass is 378 g/mol. The molecule has 4 nitrogen and oxygen atoms in total. The summed E-state index contributed by atoms with van der Waals surface area (Å²) in [6, 6.07) is 14.8. The molecule has 0 spiro atoms. The molecule has 0 aliphatic rings. The fourth-order valence-corrected chi connectivity index (χ4v) is 4.43. The Morgan fingerprint density at radius 1 is 1.05 bits per heavy atom. The first kappa shape index (κ1) is 15.3. The molecule has 3 aromatic rings. The number of aromatic amines is 1. The minimum atomic E-state index is -3.50. The van der Waals surface area contributed by atoms with E-state index in [0.717, 1.165) is 16.5 Å². The Labute approximate surface area is 137 Å². The van der Waals surface area contributed by atoms with Crippen molar-refractivity contribution in [2.75, 3.05) is 6.54 Å². The van der Waals surface area contributed by atoms with Gasteiger partial charge in [-0.05, 0) is 46.1 Å². The van der Waals surface area contributed by atoms with Crippen molar-refractivity contribution in [2.45, 2.75) is 11.3 Å². The lowest BCUT2D eigenvalue weighted by Crippen LogP contribution is -2.26. The first-order valence-electron chi connectivity index (χ1n) is 6.87. The summed E-state index contributed by atoms with van der Waals surface area (Å²) in [7, 11) is -3.50. The minimum absolute atomic E-state index is 0.258. The van der Waals surface area contributed by atoms with Gasteiger partial charge in [0.25, 0.3) is 0 Å². The number of fused-ring (bicyclic) bond motifs is 1. The lowest BCUT2D eigenvalue weighted by atomic mass is 10.1. The summed E-state index contributed by atoms with van der Waals surface area (Å²) in [5.74, 6) is 0. The highest BCUT2D eigenvalue weighted by molar-refractivity contribution is 9.10. The highest BCUT2D eigenvalue weighted by Gasteiger charge is 2.16. The van der Waals surface area contributed by atoms with Crippen molar-refractivity contribution in [1.29, 1.82) is 0 Å². The molecule has 1 aromatic heterocycles. The predicted octanol–water partition coefficient (Wildman–Crippen LogP) is 3.45. The Kier molecular flexibility index (Phi) is 4.33. The lowest BCUT2D eigenvalue weighted by molar-refractivity contribution is 0.581. The summed E-state index contributed by atoms with van der Waals surface area (Å²) < 4.78 is 27.8. The highest BCUT2D eigenvalue weighted by atomic mass is 79.9. The molecule has 0 radical (unpaired) electrons. The van der Waals surface area contributed by atoms with E-state index >= 15 is 0 Å². The standard InChI is InChI=1S/C16H15BrN2O2S/c17-14-6-2-4-8-16(14)22(20,21)19-10-9-12-11-18-15-7-3-1-5-13(12)15/h1-8,11,18-19H,9-10H2. The zero-order valence-electron chi connectivity index (χ0n) is 11.7. The van der Waals surface area contributed by atoms with Crippen LogP contribution in [-0.2, 0) is 16.4 Å². The fraction of sp³-hybridized carbons (Fsp3) is 0.125. The second-order valence-corrected chi connectivity index (χ2v) is 7.53. The van der Waals surface area contributed by atoms with Crippen molar-refractivity contribution in [3.8, 4) is 0 Å². The molecule has 114 valence electrons. The van der Waals surface area contributed by atoms with Crippen molar-refractivity contribution >= 4 is 36.9 Å². The molecule has 1 heterocycles. The van der Waals surface area contributed by atoms with Crippen LogP contribution in [0.3, 0.4) is 0 Å². The SMILES string of the molecule is O=S(=O)(NCCc1c[nH]c2ccccc12)c1ccccc1Br. The van der Waals surface area contributed by atoms with E-state index in [1.54, 1.807) is 24.3 Å². The van der Waals surface area contributed by atoms with Gasteiger partial charge in [-0.3, -0.25) is 0 Å². The van der Waals surface area contributed by atoms with Gasteiger partial charge in [-0.1, -0.05) is 30.3 Å². The Bertz CT molecular complexity index is 903. The zero-order chi connectivity index (χ0) is 15.6. The normalized spacial score (nSPS) is 11.9. The van der Waals surface area contributed by atoms with Crippen LogP contribution in [-0.4, -0.2) is 19.9 Å². The van der Waals surface area contributed by atoms with Crippen molar-refractivity contribution in [3.05, 3.63) is 64.8 Å². The summed E-state index contributed by atoms with van der Waals surface area (Å²) in [4.78, 5) is 3.45. The van der Waals surface area contributed by atoms with Gasteiger partial charge in [0.2, 0.25) is 10.0 Å². The average molecular weight is 379 g/mol. The summed E-state index contributed by atoms with van der Waals surface area (Å²) in [6.45, 7) is 0.353. The van der Waals surface area contributed by atoms with E-state index in [4.69, 9.17) is 0 Å². The largest absolute Gasteiger partial charge is 0.361 e. The van der Waals surface area contributed by atoms with Gasteiger partial charge in [0, 0.05) is 28.1 Å². The molecule has 0 saturated heterocycles. The third kappa shape index (κ3) is 3.09. The number of hydrogen-bond acceptors (Lipinski definition) is 2. The Morgan fingerprint density at radius 2 is 1.77 bits per heavy atom. The van der Waals surface area contributed by atoms with Crippen LogP contribution in [0.2, 0.25) is 0 Å². The number of para-hydroxylation sites is 1. The highest BCUT2D eigenvalue weighted by Crippen LogP contribution is 2.21. The van der Waals surface area contributed by atoms with Crippen LogP contribution in [0.1, 0.15) is 5.56 Å². The van der Waals surface area contributed by atoms with Crippen molar-refractivity contribution in [2.24, 2.45) is 0 Å². The van der Waals surface area contributed by atoms with Gasteiger partial charge < -0.3 is 4.98 Å². The molecule has 0 unspecified atom stereocenters. The van der Waals surface area contributed by atoms with Gasteiger partial charge in [0.05, 0.1) is 4.90 Å². The quantitative estimate of drug-likeness (QED) is 0.713. The van der Waals surface area contributed by atoms with Crippen LogP contribution < -0.4 is 4.72 Å². The molecule has 0 aliphatic heterocycles. The molecule has 2 aromatic carbocycles. The number of H-pyrrole nitrogens is 1. The van der Waals surface area contributed by atoms with Crippen LogP contribution in [0.15, 0.2) is 64.1 Å². The van der Waals surface area contributed by atoms with Crippen molar-refractivity contribution < 1.29 is 8.42 Å². The summed E-state index contributed by atoms with van der Waals surface area (Å²) in [6.07, 6.45) is 2.56. The first-order valence-corrected chi connectivity index (χ1v) is 9.15. The van der Waals surface area contributed by atoms with Gasteiger partial charge in [0.15, 0.2) is 0 Å². The number of aromatic nitrogens is 1. The number of sulfonamides is 1. The van der Waals surface area contributed by atoms with E-state index in [2.05, 4.69) is 25.6 Å². The molecule has 3 rings (SSSR count). The summed E-state index contributed by atoms with van der Waals surface area (Å²) >= 11 is 3.27. The van der Waals surface area contributed by atoms with E-state index in [1.807, 2.05) is 30.5 Å². The van der Waals surface area contributed by atoms with Crippen LogP contribution in [0.4, 0.5) is 0 Å². The fourth-order valence-electron chi connectivity index (χ4n) is 2.40. The molecule has 22 heavy (non-hydrogen) atoms. The first-order chi connectivity index (χ1) is 10.6. The number of halogens is 1. The topological polar surface area (TPSA) is 62.0 Å². The number of rotatable bonds is 5. The van der Waals surface area contributed by atoms with Crippen LogP contribution in [0, 0.1) is 0 Å². The average Bonchev–Trinajstić information content (AvgIpc) is 2.91. The predicted molar refractivity (Wildman–Crippen MR) is 91.3 cm³/mol. The molecule has 0 fully saturated rings. The van der Waals surface area contributed by atoms with Gasteiger partial charge in [0.1, 0.15) is 0 Å². The third-order valence-corrected chi connectivity index (χ3v) is 5.96. The smallest absolute Gasteiger partial charge is 0.241 e. The van der Waals surface area contributed by atoms with E-state index < -0.39 is 10.0 Å². The second-order valence-electron chi connectivity index (χ2n) is 4.94. The number of nitrogens with one attached hydrogen (secondary N) is 2. The molecular weight excluding hydrogens is 364 g/mol. The molecular formula is C16H15BrN2O2S. The second kappa shape index (κ2) is 6.24. The third-order valence-electron chi connectivity index (χ3n) is 3.49. The minimum Gasteiger partial charge on any atom is -0.361 e. The molecule has 2 N–H and O–H groups in total. The Hall–Kier alpha value is -1.63. The maximum absolute atomic E-state index is 12.3. The molecule has 0 atom stereocenters. The van der Waals surface area contributed by atoms with Crippen molar-refractivity contribution in [1.82, 2.24) is 9.71 Å². The molecule has 6 heteroatoms. The zero-order valence-corrected chi connectivity index (χ0v) is 14.1. The number of benzene rings is 2. The molecule has 0 bridgehead atoms. The maximum Gasteiger partial charge on any atom is 0.241 e. The van der Waals surface area contributed by atoms with Crippen molar-refractivity contribution in [3.63, 3.8) is 0 Å². The molecule has 0 aliphatic carbocycles. The van der Waals surface area contributed by atoms with Gasteiger partial charge in [-0.2, -0.15) is 0 Å². The van der Waals surface area contributed by atoms with Crippen LogP contribution in [0.5, 0.6) is 0 Å². The van der Waals surface area contributed by atoms with E-state index in [9.17, 15) is 8.42 Å². The van der Waals surface area contributed by atoms with E-state index in [-0.39, 0.29) is 4.90 Å². The van der Waals surface area contributed by atoms with Gasteiger partial charge in [-0.25, -0.2) is 13.1 Å².